The molecule has 2 rings (SSSR count). The third-order valence-corrected chi connectivity index (χ3v) is 2.80. The lowest BCUT2D eigenvalue weighted by Gasteiger charge is -2.34. The third-order valence-electron chi connectivity index (χ3n) is 2.80. The van der Waals surface area contributed by atoms with Crippen LogP contribution >= 0.6 is 0 Å². The van der Waals surface area contributed by atoms with E-state index in [1.54, 1.807) is 0 Å². The van der Waals surface area contributed by atoms with E-state index < -0.39 is 29.5 Å². The van der Waals surface area contributed by atoms with E-state index in [1.165, 1.54) is 0 Å². The normalized spacial score (nSPS) is 19.4. The summed E-state index contributed by atoms with van der Waals surface area (Å²) in [5, 5.41) is 8.81. The molecule has 1 aromatic rings. The maximum Gasteiger partial charge on any atom is 0.338 e. The average Bonchev–Trinajstić information content (AvgIpc) is 2.32. The van der Waals surface area contributed by atoms with E-state index in [2.05, 4.69) is 0 Å². The largest absolute Gasteiger partial charge is 0.478 e. The zero-order valence-corrected chi connectivity index (χ0v) is 10.6. The van der Waals surface area contributed by atoms with E-state index in [0.29, 0.717) is 13.2 Å². The number of hydrogen-bond donors (Lipinski definition) is 1. The van der Waals surface area contributed by atoms with Gasteiger partial charge >= 0.3 is 5.97 Å². The first-order chi connectivity index (χ1) is 8.80. The van der Waals surface area contributed by atoms with Crippen LogP contribution in [0.3, 0.4) is 0 Å². The molecule has 1 saturated heterocycles. The highest BCUT2D eigenvalue weighted by Gasteiger charge is 2.30. The Bertz CT molecular complexity index is 504. The molecule has 1 fully saturated rings. The summed E-state index contributed by atoms with van der Waals surface area (Å²) in [6.07, 6.45) is -0.874. The van der Waals surface area contributed by atoms with Gasteiger partial charge in [-0.3, -0.25) is 0 Å². The van der Waals surface area contributed by atoms with Crippen molar-refractivity contribution >= 4 is 5.97 Å². The number of ether oxygens (including phenoxy) is 2. The fraction of sp³-hybridized carbons (Fsp3) is 0.462. The SMILES string of the molecule is CC1(C)COC(c2cc(F)c(F)c(C(=O)O)c2)OC1. The number of benzene rings is 1. The van der Waals surface area contributed by atoms with Crippen molar-refractivity contribution in [1.82, 2.24) is 0 Å². The second-order valence-corrected chi connectivity index (χ2v) is 5.29. The van der Waals surface area contributed by atoms with Crippen LogP contribution in [0.15, 0.2) is 12.1 Å². The number of aromatic carboxylic acids is 1. The van der Waals surface area contributed by atoms with E-state index in [9.17, 15) is 13.6 Å². The molecule has 0 unspecified atom stereocenters. The summed E-state index contributed by atoms with van der Waals surface area (Å²) in [5.74, 6) is -4.14. The van der Waals surface area contributed by atoms with Crippen molar-refractivity contribution in [1.29, 1.82) is 0 Å². The maximum atomic E-state index is 13.4. The molecule has 1 N–H and O–H groups in total. The van der Waals surface area contributed by atoms with Crippen LogP contribution < -0.4 is 0 Å². The predicted molar refractivity (Wildman–Crippen MR) is 61.7 cm³/mol. The lowest BCUT2D eigenvalue weighted by molar-refractivity contribution is -0.226. The molecule has 0 spiro atoms. The summed E-state index contributed by atoms with van der Waals surface area (Å²) < 4.78 is 37.5. The van der Waals surface area contributed by atoms with Gasteiger partial charge in [0.25, 0.3) is 0 Å². The van der Waals surface area contributed by atoms with Crippen LogP contribution in [-0.4, -0.2) is 24.3 Å². The van der Waals surface area contributed by atoms with E-state index in [1.807, 2.05) is 13.8 Å². The molecule has 1 aliphatic rings. The van der Waals surface area contributed by atoms with Gasteiger partial charge < -0.3 is 14.6 Å². The van der Waals surface area contributed by atoms with Gasteiger partial charge in [0.2, 0.25) is 0 Å². The topological polar surface area (TPSA) is 55.8 Å². The zero-order valence-electron chi connectivity index (χ0n) is 10.6. The van der Waals surface area contributed by atoms with Gasteiger partial charge in [0, 0.05) is 11.0 Å². The minimum absolute atomic E-state index is 0.159. The predicted octanol–water partition coefficient (Wildman–Crippen LogP) is 2.73. The Morgan fingerprint density at radius 3 is 2.42 bits per heavy atom. The zero-order chi connectivity index (χ0) is 14.2. The Hall–Kier alpha value is -1.53. The van der Waals surface area contributed by atoms with Crippen molar-refractivity contribution in [2.75, 3.05) is 13.2 Å². The Balaban J connectivity index is 2.29. The molecule has 0 atom stereocenters. The molecule has 0 bridgehead atoms. The summed E-state index contributed by atoms with van der Waals surface area (Å²) in [6.45, 7) is 4.66. The van der Waals surface area contributed by atoms with E-state index >= 15 is 0 Å². The molecule has 0 radical (unpaired) electrons. The first-order valence-electron chi connectivity index (χ1n) is 5.75. The van der Waals surface area contributed by atoms with Crippen molar-refractivity contribution < 1.29 is 28.2 Å². The summed E-state index contributed by atoms with van der Waals surface area (Å²) in [5.41, 5.74) is -0.733. The molecule has 0 aliphatic carbocycles. The Kier molecular flexibility index (Phi) is 3.56. The highest BCUT2D eigenvalue weighted by Crippen LogP contribution is 2.32. The standard InChI is InChI=1S/C13H14F2O4/c1-13(2)5-18-12(19-6-13)7-3-8(11(16)17)10(15)9(14)4-7/h3-4,12H,5-6H2,1-2H3,(H,16,17). The number of carboxylic acid groups (broad SMARTS) is 1. The summed E-state index contributed by atoms with van der Waals surface area (Å²) in [6, 6.07) is 1.93. The lowest BCUT2D eigenvalue weighted by atomic mass is 9.95. The molecule has 0 amide bonds. The summed E-state index contributed by atoms with van der Waals surface area (Å²) in [7, 11) is 0. The van der Waals surface area contributed by atoms with Crippen LogP contribution in [0.5, 0.6) is 0 Å². The quantitative estimate of drug-likeness (QED) is 0.899. The highest BCUT2D eigenvalue weighted by molar-refractivity contribution is 5.88. The van der Waals surface area contributed by atoms with Crippen molar-refractivity contribution in [3.05, 3.63) is 34.9 Å². The van der Waals surface area contributed by atoms with Crippen molar-refractivity contribution in [3.8, 4) is 0 Å². The second-order valence-electron chi connectivity index (χ2n) is 5.29. The highest BCUT2D eigenvalue weighted by atomic mass is 19.2. The maximum absolute atomic E-state index is 13.4. The average molecular weight is 272 g/mol. The molecule has 104 valence electrons. The Morgan fingerprint density at radius 1 is 1.32 bits per heavy atom. The van der Waals surface area contributed by atoms with Gasteiger partial charge in [0.05, 0.1) is 18.8 Å². The van der Waals surface area contributed by atoms with Crippen LogP contribution in [0.1, 0.15) is 36.1 Å². The van der Waals surface area contributed by atoms with E-state index in [-0.39, 0.29) is 11.0 Å². The first kappa shape index (κ1) is 13.9. The van der Waals surface area contributed by atoms with Gasteiger partial charge in [-0.2, -0.15) is 0 Å². The minimum atomic E-state index is -1.53. The number of halogens is 2. The Labute approximate surface area is 108 Å². The fourth-order valence-electron chi connectivity index (χ4n) is 1.79. The molecule has 4 nitrogen and oxygen atoms in total. The molecule has 1 aliphatic heterocycles. The van der Waals surface area contributed by atoms with Gasteiger partial charge in [-0.1, -0.05) is 13.8 Å². The van der Waals surface area contributed by atoms with Crippen molar-refractivity contribution in [3.63, 3.8) is 0 Å². The summed E-state index contributed by atoms with van der Waals surface area (Å²) >= 11 is 0. The lowest BCUT2D eigenvalue weighted by Crippen LogP contribution is -2.33. The minimum Gasteiger partial charge on any atom is -0.478 e. The van der Waals surface area contributed by atoms with E-state index in [0.717, 1.165) is 12.1 Å². The number of rotatable bonds is 2. The molecule has 0 aromatic heterocycles. The third kappa shape index (κ3) is 2.90. The van der Waals surface area contributed by atoms with Gasteiger partial charge in [-0.05, 0) is 12.1 Å². The second kappa shape index (κ2) is 4.86. The number of carboxylic acids is 1. The number of carbonyl (C=O) groups is 1. The first-order valence-corrected chi connectivity index (χ1v) is 5.75. The van der Waals surface area contributed by atoms with Crippen molar-refractivity contribution in [2.24, 2.45) is 5.41 Å². The van der Waals surface area contributed by atoms with Gasteiger partial charge in [0.15, 0.2) is 17.9 Å². The van der Waals surface area contributed by atoms with Crippen LogP contribution in [0, 0.1) is 17.0 Å². The molecule has 19 heavy (non-hydrogen) atoms. The smallest absolute Gasteiger partial charge is 0.338 e. The molecule has 1 heterocycles. The van der Waals surface area contributed by atoms with Gasteiger partial charge in [-0.25, -0.2) is 13.6 Å². The molecule has 0 saturated carbocycles. The van der Waals surface area contributed by atoms with Crippen molar-refractivity contribution in [2.45, 2.75) is 20.1 Å². The Morgan fingerprint density at radius 2 is 1.89 bits per heavy atom. The van der Waals surface area contributed by atoms with Crippen LogP contribution in [0.4, 0.5) is 8.78 Å². The van der Waals surface area contributed by atoms with Crippen LogP contribution in [0.25, 0.3) is 0 Å². The molecule has 1 aromatic carbocycles. The molecular weight excluding hydrogens is 258 g/mol. The van der Waals surface area contributed by atoms with E-state index in [4.69, 9.17) is 14.6 Å². The monoisotopic (exact) mass is 272 g/mol. The molecule has 6 heteroatoms. The number of hydrogen-bond acceptors (Lipinski definition) is 3. The molecular formula is C13H14F2O4. The summed E-state index contributed by atoms with van der Waals surface area (Å²) in [4.78, 5) is 10.8. The van der Waals surface area contributed by atoms with Gasteiger partial charge in [0.1, 0.15) is 0 Å². The van der Waals surface area contributed by atoms with Crippen LogP contribution in [0.2, 0.25) is 0 Å². The fourth-order valence-corrected chi connectivity index (χ4v) is 1.79. The van der Waals surface area contributed by atoms with Crippen LogP contribution in [-0.2, 0) is 9.47 Å². The van der Waals surface area contributed by atoms with Gasteiger partial charge in [-0.15, -0.1) is 0 Å².